The van der Waals surface area contributed by atoms with Gasteiger partial charge in [0.1, 0.15) is 5.82 Å². The van der Waals surface area contributed by atoms with Gasteiger partial charge in [-0.05, 0) is 24.7 Å². The Bertz CT molecular complexity index is 875. The van der Waals surface area contributed by atoms with Gasteiger partial charge in [0.2, 0.25) is 0 Å². The molecule has 1 unspecified atom stereocenters. The highest BCUT2D eigenvalue weighted by atomic mass is 35.5. The second-order valence-electron chi connectivity index (χ2n) is 6.76. The van der Waals surface area contributed by atoms with Crippen molar-refractivity contribution in [3.05, 3.63) is 70.5 Å². The Hall–Kier alpha value is -1.51. The van der Waals surface area contributed by atoms with Gasteiger partial charge in [-0.15, -0.1) is 0 Å². The van der Waals surface area contributed by atoms with Crippen molar-refractivity contribution in [1.82, 2.24) is 13.5 Å². The quantitative estimate of drug-likeness (QED) is 0.759. The lowest BCUT2D eigenvalue weighted by Crippen LogP contribution is -2.52. The zero-order valence-corrected chi connectivity index (χ0v) is 16.9. The summed E-state index contributed by atoms with van der Waals surface area (Å²) in [7, 11) is -0.368. The average Bonchev–Trinajstić information content (AvgIpc) is 2.65. The summed E-state index contributed by atoms with van der Waals surface area (Å²) >= 11 is 6.07. The van der Waals surface area contributed by atoms with Crippen molar-refractivity contribution in [3.8, 4) is 0 Å². The van der Waals surface area contributed by atoms with Crippen LogP contribution in [0.1, 0.15) is 17.2 Å². The Morgan fingerprint density at radius 3 is 2.52 bits per heavy atom. The molecule has 0 aliphatic carbocycles. The van der Waals surface area contributed by atoms with Gasteiger partial charge in [-0.3, -0.25) is 0 Å². The number of hydrogen-bond donors (Lipinski definition) is 0. The van der Waals surface area contributed by atoms with E-state index in [4.69, 9.17) is 11.6 Å². The molecule has 1 heterocycles. The molecule has 0 aromatic heterocycles. The van der Waals surface area contributed by atoms with E-state index >= 15 is 0 Å². The van der Waals surface area contributed by atoms with Gasteiger partial charge in [0.25, 0.3) is 10.2 Å². The van der Waals surface area contributed by atoms with Gasteiger partial charge in [0.05, 0.1) is 6.04 Å². The zero-order chi connectivity index (χ0) is 19.6. The Labute approximate surface area is 165 Å². The van der Waals surface area contributed by atoms with Gasteiger partial charge in [-0.2, -0.15) is 17.0 Å². The molecular weight excluding hydrogens is 389 g/mol. The molecule has 0 saturated carbocycles. The molecule has 0 radical (unpaired) electrons. The van der Waals surface area contributed by atoms with Crippen LogP contribution < -0.4 is 0 Å². The third-order valence-electron chi connectivity index (χ3n) is 4.85. The third kappa shape index (κ3) is 4.33. The maximum atomic E-state index is 14.1. The molecule has 27 heavy (non-hydrogen) atoms. The number of hydrogen-bond acceptors (Lipinski definition) is 3. The van der Waals surface area contributed by atoms with E-state index in [1.807, 2.05) is 37.4 Å². The van der Waals surface area contributed by atoms with E-state index in [1.54, 1.807) is 6.07 Å². The van der Waals surface area contributed by atoms with E-state index in [9.17, 15) is 12.8 Å². The average molecular weight is 412 g/mol. The Balaban J connectivity index is 1.89. The monoisotopic (exact) mass is 411 g/mol. The molecule has 1 saturated heterocycles. The summed E-state index contributed by atoms with van der Waals surface area (Å²) in [5.74, 6) is -0.512. The van der Waals surface area contributed by atoms with Crippen LogP contribution in [0, 0.1) is 5.82 Å². The highest BCUT2D eigenvalue weighted by Gasteiger charge is 2.37. The van der Waals surface area contributed by atoms with E-state index in [-0.39, 0.29) is 23.2 Å². The van der Waals surface area contributed by atoms with Crippen molar-refractivity contribution < 1.29 is 12.8 Å². The Morgan fingerprint density at radius 1 is 1.15 bits per heavy atom. The minimum absolute atomic E-state index is 0.123. The normalized spacial score (nSPS) is 19.5. The van der Waals surface area contributed by atoms with Gasteiger partial charge in [-0.25, -0.2) is 4.39 Å². The van der Waals surface area contributed by atoms with E-state index < -0.39 is 16.0 Å². The first-order valence-electron chi connectivity index (χ1n) is 8.70. The standard InChI is InChI=1S/C19H23ClFN3O2S/c1-22-11-12-24(19(14-22)15-7-4-3-5-8-15)27(25,26)23(2)13-16-17(20)9-6-10-18(16)21/h3-10,19H,11-14H2,1-2H3. The number of piperazine rings is 1. The molecule has 1 atom stereocenters. The first-order valence-corrected chi connectivity index (χ1v) is 10.5. The molecule has 0 amide bonds. The number of likely N-dealkylation sites (N-methyl/N-ethyl adjacent to an activating group) is 1. The minimum Gasteiger partial charge on any atom is -0.303 e. The maximum absolute atomic E-state index is 14.1. The first kappa shape index (κ1) is 20.2. The lowest BCUT2D eigenvalue weighted by Gasteiger charge is -2.40. The predicted octanol–water partition coefficient (Wildman–Crippen LogP) is 3.14. The molecule has 2 aromatic rings. The molecule has 1 aliphatic heterocycles. The minimum atomic E-state index is -3.80. The van der Waals surface area contributed by atoms with Crippen LogP contribution in [0.2, 0.25) is 5.02 Å². The lowest BCUT2D eigenvalue weighted by molar-refractivity contribution is 0.153. The van der Waals surface area contributed by atoms with E-state index in [0.29, 0.717) is 19.6 Å². The summed E-state index contributed by atoms with van der Waals surface area (Å²) in [6.07, 6.45) is 0. The van der Waals surface area contributed by atoms with Crippen molar-refractivity contribution in [2.45, 2.75) is 12.6 Å². The fourth-order valence-electron chi connectivity index (χ4n) is 3.29. The predicted molar refractivity (Wildman–Crippen MR) is 105 cm³/mol. The third-order valence-corrected chi connectivity index (χ3v) is 7.15. The summed E-state index contributed by atoms with van der Waals surface area (Å²) < 4.78 is 43.3. The molecule has 146 valence electrons. The van der Waals surface area contributed by atoms with Crippen LogP contribution in [-0.4, -0.2) is 55.7 Å². The zero-order valence-electron chi connectivity index (χ0n) is 15.3. The number of rotatable bonds is 5. The number of benzene rings is 2. The van der Waals surface area contributed by atoms with Crippen molar-refractivity contribution in [2.75, 3.05) is 33.7 Å². The van der Waals surface area contributed by atoms with Crippen LogP contribution in [0.15, 0.2) is 48.5 Å². The molecule has 0 bridgehead atoms. The SMILES string of the molecule is CN1CCN(S(=O)(=O)N(C)Cc2c(F)cccc2Cl)C(c2ccccc2)C1. The van der Waals surface area contributed by atoms with E-state index in [0.717, 1.165) is 5.56 Å². The molecule has 3 rings (SSSR count). The summed E-state index contributed by atoms with van der Waals surface area (Å²) in [6, 6.07) is 13.6. The topological polar surface area (TPSA) is 43.9 Å². The van der Waals surface area contributed by atoms with Crippen molar-refractivity contribution in [3.63, 3.8) is 0 Å². The second-order valence-corrected chi connectivity index (χ2v) is 9.16. The van der Waals surface area contributed by atoms with Crippen LogP contribution in [-0.2, 0) is 16.8 Å². The number of halogens is 2. The van der Waals surface area contributed by atoms with Gasteiger partial charge >= 0.3 is 0 Å². The lowest BCUT2D eigenvalue weighted by atomic mass is 10.1. The fourth-order valence-corrected chi connectivity index (χ4v) is 4.99. The van der Waals surface area contributed by atoms with Gasteiger partial charge in [0, 0.05) is 43.8 Å². The molecule has 1 aliphatic rings. The summed E-state index contributed by atoms with van der Waals surface area (Å²) in [5.41, 5.74) is 1.11. The largest absolute Gasteiger partial charge is 0.303 e. The molecule has 1 fully saturated rings. The summed E-state index contributed by atoms with van der Waals surface area (Å²) in [4.78, 5) is 2.11. The van der Waals surface area contributed by atoms with Crippen LogP contribution in [0.25, 0.3) is 0 Å². The van der Waals surface area contributed by atoms with Gasteiger partial charge in [-0.1, -0.05) is 48.0 Å². The highest BCUT2D eigenvalue weighted by Crippen LogP contribution is 2.30. The van der Waals surface area contributed by atoms with E-state index in [1.165, 1.54) is 27.8 Å². The smallest absolute Gasteiger partial charge is 0.282 e. The van der Waals surface area contributed by atoms with Crippen LogP contribution in [0.3, 0.4) is 0 Å². The maximum Gasteiger partial charge on any atom is 0.282 e. The highest BCUT2D eigenvalue weighted by molar-refractivity contribution is 7.86. The summed E-state index contributed by atoms with van der Waals surface area (Å²) in [5, 5.41) is 0.218. The molecular formula is C19H23ClFN3O2S. The van der Waals surface area contributed by atoms with E-state index in [2.05, 4.69) is 4.90 Å². The van der Waals surface area contributed by atoms with Crippen LogP contribution in [0.5, 0.6) is 0 Å². The molecule has 0 N–H and O–H groups in total. The molecule has 2 aromatic carbocycles. The molecule has 0 spiro atoms. The van der Waals surface area contributed by atoms with Crippen molar-refractivity contribution in [2.24, 2.45) is 0 Å². The fraction of sp³-hybridized carbons (Fsp3) is 0.368. The number of nitrogens with zero attached hydrogens (tertiary/aromatic N) is 3. The second kappa shape index (κ2) is 8.24. The first-order chi connectivity index (χ1) is 12.8. The van der Waals surface area contributed by atoms with Crippen LogP contribution >= 0.6 is 11.6 Å². The van der Waals surface area contributed by atoms with Gasteiger partial charge < -0.3 is 4.90 Å². The van der Waals surface area contributed by atoms with Crippen LogP contribution in [0.4, 0.5) is 4.39 Å². The Morgan fingerprint density at radius 2 is 1.85 bits per heavy atom. The molecule has 8 heteroatoms. The van der Waals surface area contributed by atoms with Crippen molar-refractivity contribution >= 4 is 21.8 Å². The molecule has 5 nitrogen and oxygen atoms in total. The van der Waals surface area contributed by atoms with Crippen molar-refractivity contribution in [1.29, 1.82) is 0 Å². The van der Waals surface area contributed by atoms with Gasteiger partial charge in [0.15, 0.2) is 0 Å². The Kier molecular flexibility index (Phi) is 6.18. The summed E-state index contributed by atoms with van der Waals surface area (Å²) in [6.45, 7) is 1.48.